The van der Waals surface area contributed by atoms with Gasteiger partial charge in [-0.05, 0) is 56.0 Å². The highest BCUT2D eigenvalue weighted by molar-refractivity contribution is 7.13. The summed E-state index contributed by atoms with van der Waals surface area (Å²) >= 11 is 1.45. The lowest BCUT2D eigenvalue weighted by atomic mass is 10.1. The van der Waals surface area contributed by atoms with Gasteiger partial charge >= 0.3 is 0 Å². The molecule has 7 heteroatoms. The molecule has 0 radical (unpaired) electrons. The van der Waals surface area contributed by atoms with Crippen LogP contribution in [0.3, 0.4) is 0 Å². The second kappa shape index (κ2) is 8.20. The highest BCUT2D eigenvalue weighted by Crippen LogP contribution is 2.35. The maximum atomic E-state index is 4.50. The number of hydrogen-bond acceptors (Lipinski definition) is 7. The predicted octanol–water partition coefficient (Wildman–Crippen LogP) is 8.08. The quantitative estimate of drug-likeness (QED) is 0.247. The first-order chi connectivity index (χ1) is 14.2. The average molecular weight is 398 g/mol. The SMILES string of the molecule is C=Nc1ccc(/N=N/c2cc(C)c(/N=N/c3nccs3)cc2C)c2ccccc12. The third-order valence-corrected chi connectivity index (χ3v) is 5.15. The minimum atomic E-state index is 0.634. The molecule has 142 valence electrons. The van der Waals surface area contributed by atoms with Crippen molar-refractivity contribution in [2.45, 2.75) is 13.8 Å². The van der Waals surface area contributed by atoms with Gasteiger partial charge in [0.25, 0.3) is 0 Å². The van der Waals surface area contributed by atoms with Gasteiger partial charge in [-0.3, -0.25) is 4.99 Å². The predicted molar refractivity (Wildman–Crippen MR) is 120 cm³/mol. The van der Waals surface area contributed by atoms with Crippen LogP contribution in [-0.4, -0.2) is 11.7 Å². The van der Waals surface area contributed by atoms with Crippen molar-refractivity contribution in [3.05, 3.63) is 71.2 Å². The van der Waals surface area contributed by atoms with Crippen LogP contribution in [-0.2, 0) is 0 Å². The van der Waals surface area contributed by atoms with E-state index < -0.39 is 0 Å². The molecule has 29 heavy (non-hydrogen) atoms. The summed E-state index contributed by atoms with van der Waals surface area (Å²) in [7, 11) is 0. The van der Waals surface area contributed by atoms with E-state index in [-0.39, 0.29) is 0 Å². The zero-order valence-electron chi connectivity index (χ0n) is 16.1. The molecule has 0 unspecified atom stereocenters. The van der Waals surface area contributed by atoms with Crippen molar-refractivity contribution >= 4 is 56.7 Å². The molecule has 0 aliphatic rings. The summed E-state index contributed by atoms with van der Waals surface area (Å²) in [5.41, 5.74) is 5.16. The molecule has 0 saturated carbocycles. The van der Waals surface area contributed by atoms with Crippen LogP contribution < -0.4 is 0 Å². The maximum absolute atomic E-state index is 4.50. The van der Waals surface area contributed by atoms with Gasteiger partial charge < -0.3 is 0 Å². The Morgan fingerprint density at radius 3 is 1.97 bits per heavy atom. The van der Waals surface area contributed by atoms with Gasteiger partial charge in [0.05, 0.1) is 22.7 Å². The average Bonchev–Trinajstić information content (AvgIpc) is 3.26. The van der Waals surface area contributed by atoms with Crippen LogP contribution in [0.2, 0.25) is 0 Å². The third kappa shape index (κ3) is 4.00. The van der Waals surface area contributed by atoms with Crippen molar-refractivity contribution < 1.29 is 0 Å². The standard InChI is InChI=1S/C22H18N6S/c1-14-13-21(27-28-22-24-10-11-29-22)15(2)12-20(14)26-25-19-9-8-18(23-3)16-6-4-5-7-17(16)19/h4-13H,3H2,1-2H3/b26-25+,28-27+. The highest BCUT2D eigenvalue weighted by Gasteiger charge is 2.07. The number of azo groups is 2. The van der Waals surface area contributed by atoms with Gasteiger partial charge in [0.2, 0.25) is 5.13 Å². The van der Waals surface area contributed by atoms with Crippen molar-refractivity contribution in [2.75, 3.05) is 0 Å². The van der Waals surface area contributed by atoms with Gasteiger partial charge in [-0.2, -0.15) is 5.11 Å². The third-order valence-electron chi connectivity index (χ3n) is 4.49. The van der Waals surface area contributed by atoms with Crippen molar-refractivity contribution in [2.24, 2.45) is 25.4 Å². The van der Waals surface area contributed by atoms with Gasteiger partial charge in [0.15, 0.2) is 0 Å². The van der Waals surface area contributed by atoms with Crippen LogP contribution in [0.15, 0.2) is 85.6 Å². The zero-order chi connectivity index (χ0) is 20.2. The molecule has 0 bridgehead atoms. The molecule has 3 aromatic carbocycles. The Bertz CT molecular complexity index is 1240. The fraction of sp³-hybridized carbons (Fsp3) is 0.0909. The summed E-state index contributed by atoms with van der Waals surface area (Å²) in [5, 5.41) is 22.0. The van der Waals surface area contributed by atoms with E-state index >= 15 is 0 Å². The van der Waals surface area contributed by atoms with E-state index in [1.54, 1.807) is 6.20 Å². The molecule has 0 spiro atoms. The molecule has 0 atom stereocenters. The molecule has 0 fully saturated rings. The number of fused-ring (bicyclic) bond motifs is 1. The lowest BCUT2D eigenvalue weighted by molar-refractivity contribution is 1.16. The van der Waals surface area contributed by atoms with Crippen LogP contribution in [0, 0.1) is 13.8 Å². The molecule has 1 aromatic heterocycles. The molecule has 0 aliphatic heterocycles. The largest absolute Gasteiger partial charge is 0.264 e. The van der Waals surface area contributed by atoms with Crippen molar-refractivity contribution in [1.82, 2.24) is 4.98 Å². The number of nitrogens with zero attached hydrogens (tertiary/aromatic N) is 6. The topological polar surface area (TPSA) is 74.7 Å². The smallest absolute Gasteiger partial charge is 0.229 e. The Balaban J connectivity index is 1.66. The van der Waals surface area contributed by atoms with Gasteiger partial charge in [-0.1, -0.05) is 24.3 Å². The minimum Gasteiger partial charge on any atom is -0.264 e. The van der Waals surface area contributed by atoms with Crippen molar-refractivity contribution in [3.63, 3.8) is 0 Å². The van der Waals surface area contributed by atoms with E-state index in [4.69, 9.17) is 0 Å². The Kier molecular flexibility index (Phi) is 5.31. The van der Waals surface area contributed by atoms with Crippen molar-refractivity contribution in [3.8, 4) is 0 Å². The molecule has 1 heterocycles. The number of aromatic nitrogens is 1. The van der Waals surface area contributed by atoms with Crippen LogP contribution in [0.4, 0.5) is 27.9 Å². The second-order valence-electron chi connectivity index (χ2n) is 6.45. The lowest BCUT2D eigenvalue weighted by Gasteiger charge is -2.06. The first-order valence-electron chi connectivity index (χ1n) is 8.98. The molecule has 0 aliphatic carbocycles. The molecular weight excluding hydrogens is 380 g/mol. The Labute approximate surface area is 172 Å². The van der Waals surface area contributed by atoms with Gasteiger partial charge in [-0.15, -0.1) is 26.7 Å². The van der Waals surface area contributed by atoms with E-state index in [9.17, 15) is 0 Å². The summed E-state index contributed by atoms with van der Waals surface area (Å²) in [6.07, 6.45) is 1.71. The maximum Gasteiger partial charge on any atom is 0.229 e. The summed E-state index contributed by atoms with van der Waals surface area (Å²) in [6.45, 7) is 7.61. The van der Waals surface area contributed by atoms with E-state index in [0.717, 1.165) is 44.6 Å². The van der Waals surface area contributed by atoms with E-state index in [1.165, 1.54) is 11.3 Å². The van der Waals surface area contributed by atoms with E-state index in [0.29, 0.717) is 5.13 Å². The lowest BCUT2D eigenvalue weighted by Crippen LogP contribution is -1.80. The molecule has 0 N–H and O–H groups in total. The first kappa shape index (κ1) is 18.8. The summed E-state index contributed by atoms with van der Waals surface area (Å²) in [6, 6.07) is 15.7. The summed E-state index contributed by atoms with van der Waals surface area (Å²) in [4.78, 5) is 8.20. The highest BCUT2D eigenvalue weighted by atomic mass is 32.1. The van der Waals surface area contributed by atoms with Gasteiger partial charge in [0, 0.05) is 22.3 Å². The number of rotatable bonds is 5. The normalized spacial score (nSPS) is 11.7. The van der Waals surface area contributed by atoms with Crippen LogP contribution in [0.1, 0.15) is 11.1 Å². The monoisotopic (exact) mass is 398 g/mol. The number of aryl methyl sites for hydroxylation is 2. The number of thiazole rings is 1. The minimum absolute atomic E-state index is 0.634. The van der Waals surface area contributed by atoms with Crippen LogP contribution in [0.5, 0.6) is 0 Å². The van der Waals surface area contributed by atoms with Crippen LogP contribution >= 0.6 is 11.3 Å². The summed E-state index contributed by atoms with van der Waals surface area (Å²) in [5.74, 6) is 0. The molecular formula is C22H18N6S. The van der Waals surface area contributed by atoms with E-state index in [1.807, 2.05) is 67.8 Å². The molecule has 4 aromatic rings. The Hall–Kier alpha value is -3.58. The molecule has 6 nitrogen and oxygen atoms in total. The second-order valence-corrected chi connectivity index (χ2v) is 7.32. The zero-order valence-corrected chi connectivity index (χ0v) is 16.9. The Morgan fingerprint density at radius 2 is 1.34 bits per heavy atom. The fourth-order valence-corrected chi connectivity index (χ4v) is 3.42. The number of aliphatic imine (C=N–C) groups is 1. The molecule has 4 rings (SSSR count). The number of hydrogen-bond donors (Lipinski definition) is 0. The van der Waals surface area contributed by atoms with Gasteiger partial charge in [0.1, 0.15) is 0 Å². The van der Waals surface area contributed by atoms with Gasteiger partial charge in [-0.25, -0.2) is 4.98 Å². The summed E-state index contributed by atoms with van der Waals surface area (Å²) < 4.78 is 0. The molecule has 0 saturated heterocycles. The van der Waals surface area contributed by atoms with E-state index in [2.05, 4.69) is 37.2 Å². The fourth-order valence-electron chi connectivity index (χ4n) is 2.96. The molecule has 0 amide bonds. The number of benzene rings is 3. The van der Waals surface area contributed by atoms with Crippen molar-refractivity contribution in [1.29, 1.82) is 0 Å². The van der Waals surface area contributed by atoms with Crippen LogP contribution in [0.25, 0.3) is 10.8 Å². The first-order valence-corrected chi connectivity index (χ1v) is 9.86. The Morgan fingerprint density at radius 1 is 0.759 bits per heavy atom.